The Morgan fingerprint density at radius 1 is 1.10 bits per heavy atom. The lowest BCUT2D eigenvalue weighted by atomic mass is 9.95. The van der Waals surface area contributed by atoms with Crippen molar-refractivity contribution in [2.24, 2.45) is 5.92 Å². The summed E-state index contributed by atoms with van der Waals surface area (Å²) in [5, 5.41) is 5.49. The molecule has 160 valence electrons. The van der Waals surface area contributed by atoms with Crippen LogP contribution < -0.4 is 15.4 Å². The first kappa shape index (κ1) is 22.1. The van der Waals surface area contributed by atoms with Crippen molar-refractivity contribution >= 4 is 29.2 Å². The number of nitrogens with one attached hydrogen (secondary N) is 2. The molecule has 6 nitrogen and oxygen atoms in total. The summed E-state index contributed by atoms with van der Waals surface area (Å²) in [6.07, 6.45) is 3.61. The molecule has 2 N–H and O–H groups in total. The number of anilines is 1. The van der Waals surface area contributed by atoms with Crippen LogP contribution in [0.15, 0.2) is 48.5 Å². The van der Waals surface area contributed by atoms with Gasteiger partial charge < -0.3 is 15.0 Å². The topological polar surface area (TPSA) is 70.7 Å². The van der Waals surface area contributed by atoms with E-state index in [-0.39, 0.29) is 11.8 Å². The molecule has 0 spiro atoms. The van der Waals surface area contributed by atoms with Gasteiger partial charge >= 0.3 is 6.03 Å². The van der Waals surface area contributed by atoms with Crippen molar-refractivity contribution in [1.82, 2.24) is 10.2 Å². The molecule has 1 saturated heterocycles. The van der Waals surface area contributed by atoms with Crippen molar-refractivity contribution in [2.75, 3.05) is 32.1 Å². The smallest absolute Gasteiger partial charge is 0.325 e. The van der Waals surface area contributed by atoms with Crippen molar-refractivity contribution in [3.8, 4) is 5.75 Å². The Balaban J connectivity index is 1.35. The number of methoxy groups -OCH3 is 1. The molecule has 0 aliphatic carbocycles. The molecule has 3 rings (SSSR count). The Morgan fingerprint density at radius 2 is 1.80 bits per heavy atom. The van der Waals surface area contributed by atoms with Gasteiger partial charge in [0.15, 0.2) is 0 Å². The molecule has 7 heteroatoms. The number of rotatable bonds is 7. The van der Waals surface area contributed by atoms with E-state index in [1.54, 1.807) is 31.4 Å². The highest BCUT2D eigenvalue weighted by Crippen LogP contribution is 2.21. The van der Waals surface area contributed by atoms with E-state index in [0.29, 0.717) is 10.7 Å². The van der Waals surface area contributed by atoms with E-state index >= 15 is 0 Å². The monoisotopic (exact) mass is 429 g/mol. The molecule has 0 aromatic heterocycles. The number of imide groups is 1. The number of likely N-dealkylation sites (tertiary alicyclic amines) is 1. The zero-order valence-corrected chi connectivity index (χ0v) is 18.0. The van der Waals surface area contributed by atoms with Crippen LogP contribution in [-0.2, 0) is 11.2 Å². The Bertz CT molecular complexity index is 849. The minimum absolute atomic E-state index is 0.139. The summed E-state index contributed by atoms with van der Waals surface area (Å²) in [5.41, 5.74) is 1.78. The van der Waals surface area contributed by atoms with E-state index < -0.39 is 6.03 Å². The number of carbonyl (C=O) groups excluding carboxylic acids is 2. The molecule has 1 aliphatic heterocycles. The van der Waals surface area contributed by atoms with Crippen LogP contribution in [0.3, 0.4) is 0 Å². The number of para-hydroxylation sites is 1. The van der Waals surface area contributed by atoms with E-state index in [0.717, 1.165) is 51.1 Å². The quantitative estimate of drug-likeness (QED) is 0.686. The number of hydrogen-bond acceptors (Lipinski definition) is 4. The van der Waals surface area contributed by atoms with E-state index in [9.17, 15) is 9.59 Å². The maximum Gasteiger partial charge on any atom is 0.325 e. The van der Waals surface area contributed by atoms with Crippen molar-refractivity contribution in [2.45, 2.75) is 25.7 Å². The number of amides is 3. The minimum atomic E-state index is -0.546. The molecule has 0 radical (unpaired) electrons. The lowest BCUT2D eigenvalue weighted by Gasteiger charge is -2.31. The van der Waals surface area contributed by atoms with Crippen LogP contribution in [0.5, 0.6) is 5.75 Å². The lowest BCUT2D eigenvalue weighted by molar-refractivity contribution is -0.125. The Labute approximate surface area is 182 Å². The maximum absolute atomic E-state index is 12.4. The fourth-order valence-corrected chi connectivity index (χ4v) is 3.83. The number of piperidine rings is 1. The average Bonchev–Trinajstić information content (AvgIpc) is 2.76. The molecule has 30 heavy (non-hydrogen) atoms. The van der Waals surface area contributed by atoms with E-state index in [1.807, 2.05) is 12.1 Å². The molecule has 0 saturated carbocycles. The van der Waals surface area contributed by atoms with Crippen molar-refractivity contribution in [3.63, 3.8) is 0 Å². The summed E-state index contributed by atoms with van der Waals surface area (Å²) >= 11 is 6.03. The highest BCUT2D eigenvalue weighted by molar-refractivity contribution is 6.33. The fourth-order valence-electron chi connectivity index (χ4n) is 3.65. The van der Waals surface area contributed by atoms with Gasteiger partial charge in [-0.15, -0.1) is 0 Å². The molecule has 1 fully saturated rings. The minimum Gasteiger partial charge on any atom is -0.497 e. The van der Waals surface area contributed by atoms with Crippen molar-refractivity contribution in [3.05, 3.63) is 59.1 Å². The van der Waals surface area contributed by atoms with Gasteiger partial charge in [0.05, 0.1) is 17.8 Å². The van der Waals surface area contributed by atoms with E-state index in [4.69, 9.17) is 16.3 Å². The number of nitrogens with zero attached hydrogens (tertiary/aromatic N) is 1. The van der Waals surface area contributed by atoms with Crippen molar-refractivity contribution in [1.29, 1.82) is 0 Å². The number of hydrogen-bond donors (Lipinski definition) is 2. The zero-order chi connectivity index (χ0) is 21.3. The summed E-state index contributed by atoms with van der Waals surface area (Å²) in [6.45, 7) is 2.74. The second kappa shape index (κ2) is 11.0. The van der Waals surface area contributed by atoms with Crippen LogP contribution in [-0.4, -0.2) is 43.6 Å². The molecular formula is C23H28ClN3O3. The van der Waals surface area contributed by atoms with Gasteiger partial charge in [0, 0.05) is 5.92 Å². The Hall–Kier alpha value is -2.57. The van der Waals surface area contributed by atoms with Gasteiger partial charge in [-0.25, -0.2) is 4.79 Å². The first-order valence-corrected chi connectivity index (χ1v) is 10.6. The molecule has 2 aromatic carbocycles. The van der Waals surface area contributed by atoms with Crippen LogP contribution in [0.1, 0.15) is 24.8 Å². The van der Waals surface area contributed by atoms with E-state index in [1.165, 1.54) is 5.56 Å². The predicted molar refractivity (Wildman–Crippen MR) is 119 cm³/mol. The fraction of sp³-hybridized carbons (Fsp3) is 0.391. The largest absolute Gasteiger partial charge is 0.497 e. The van der Waals surface area contributed by atoms with Crippen molar-refractivity contribution < 1.29 is 14.3 Å². The number of ether oxygens (including phenoxy) is 1. The standard InChI is InChI=1S/C23H28ClN3O3/c1-30-19-10-8-17(9-11-19)5-4-14-27-15-12-18(13-16-27)22(28)26-23(29)25-21-7-3-2-6-20(21)24/h2-3,6-11,18H,4-5,12-16H2,1H3,(H2,25,26,28,29). The summed E-state index contributed by atoms with van der Waals surface area (Å²) in [7, 11) is 1.67. The van der Waals surface area contributed by atoms with Gasteiger partial charge in [0.25, 0.3) is 0 Å². The number of carbonyl (C=O) groups is 2. The van der Waals surface area contributed by atoms with Crippen LogP contribution in [0, 0.1) is 5.92 Å². The second-order valence-corrected chi connectivity index (χ2v) is 7.90. The molecule has 2 aromatic rings. The first-order valence-electron chi connectivity index (χ1n) is 10.3. The second-order valence-electron chi connectivity index (χ2n) is 7.49. The number of halogens is 1. The number of benzene rings is 2. The molecule has 0 unspecified atom stereocenters. The normalized spacial score (nSPS) is 14.9. The Kier molecular flexibility index (Phi) is 8.11. The van der Waals surface area contributed by atoms with Crippen LogP contribution in [0.4, 0.5) is 10.5 Å². The van der Waals surface area contributed by atoms with E-state index in [2.05, 4.69) is 27.7 Å². The molecule has 0 bridgehead atoms. The highest BCUT2D eigenvalue weighted by atomic mass is 35.5. The molecular weight excluding hydrogens is 402 g/mol. The average molecular weight is 430 g/mol. The highest BCUT2D eigenvalue weighted by Gasteiger charge is 2.26. The Morgan fingerprint density at radius 3 is 2.47 bits per heavy atom. The van der Waals surface area contributed by atoms with Gasteiger partial charge in [0.1, 0.15) is 5.75 Å². The van der Waals surface area contributed by atoms with Crippen LogP contribution in [0.2, 0.25) is 5.02 Å². The molecule has 0 atom stereocenters. The number of urea groups is 1. The molecule has 1 heterocycles. The lowest BCUT2D eigenvalue weighted by Crippen LogP contribution is -2.43. The third-order valence-electron chi connectivity index (χ3n) is 5.42. The summed E-state index contributed by atoms with van der Waals surface area (Å²) < 4.78 is 5.19. The third kappa shape index (κ3) is 6.47. The van der Waals surface area contributed by atoms with Gasteiger partial charge in [-0.1, -0.05) is 35.9 Å². The third-order valence-corrected chi connectivity index (χ3v) is 5.75. The summed E-state index contributed by atoms with van der Waals surface area (Å²) in [4.78, 5) is 26.9. The summed E-state index contributed by atoms with van der Waals surface area (Å²) in [5.74, 6) is 0.511. The van der Waals surface area contributed by atoms with Gasteiger partial charge in [-0.3, -0.25) is 10.1 Å². The SMILES string of the molecule is COc1ccc(CCCN2CCC(C(=O)NC(=O)Nc3ccccc3Cl)CC2)cc1. The van der Waals surface area contributed by atoms with Gasteiger partial charge in [-0.2, -0.15) is 0 Å². The first-order chi connectivity index (χ1) is 14.5. The van der Waals surface area contributed by atoms with Gasteiger partial charge in [0.2, 0.25) is 5.91 Å². The predicted octanol–water partition coefficient (Wildman–Crippen LogP) is 4.34. The van der Waals surface area contributed by atoms with Crippen LogP contribution in [0.25, 0.3) is 0 Å². The molecule has 3 amide bonds. The van der Waals surface area contributed by atoms with Gasteiger partial charge in [-0.05, 0) is 75.1 Å². The maximum atomic E-state index is 12.4. The van der Waals surface area contributed by atoms with Crippen LogP contribution >= 0.6 is 11.6 Å². The zero-order valence-electron chi connectivity index (χ0n) is 17.2. The number of aryl methyl sites for hydroxylation is 1. The molecule has 1 aliphatic rings. The summed E-state index contributed by atoms with van der Waals surface area (Å²) in [6, 6.07) is 14.6.